The molecule has 1 N–H and O–H groups in total. The number of hydrogen-bond donors (Lipinski definition) is 1. The number of hydrogen-bond acceptors (Lipinski definition) is 3. The van der Waals surface area contributed by atoms with Crippen molar-refractivity contribution in [1.29, 1.82) is 5.26 Å². The van der Waals surface area contributed by atoms with Crippen LogP contribution in [-0.4, -0.2) is 18.6 Å². The second-order valence-corrected chi connectivity index (χ2v) is 4.41. The highest BCUT2D eigenvalue weighted by atomic mass is 32.2. The fourth-order valence-electron chi connectivity index (χ4n) is 1.36. The van der Waals surface area contributed by atoms with Crippen molar-refractivity contribution < 1.29 is 0 Å². The molecule has 0 fully saturated rings. The van der Waals surface area contributed by atoms with Crippen molar-refractivity contribution in [3.63, 3.8) is 0 Å². The Hall–Kier alpha value is -0.980. The summed E-state index contributed by atoms with van der Waals surface area (Å²) in [5.74, 6) is 1.13. The van der Waals surface area contributed by atoms with E-state index >= 15 is 0 Å². The number of nitrogens with zero attached hydrogens (tertiary/aromatic N) is 1. The van der Waals surface area contributed by atoms with Crippen molar-refractivity contribution >= 4 is 11.8 Å². The third-order valence-corrected chi connectivity index (χ3v) is 2.88. The van der Waals surface area contributed by atoms with Gasteiger partial charge >= 0.3 is 0 Å². The Morgan fingerprint density at radius 1 is 1.47 bits per heavy atom. The van der Waals surface area contributed by atoms with Crippen molar-refractivity contribution in [2.75, 3.05) is 18.6 Å². The van der Waals surface area contributed by atoms with E-state index in [2.05, 4.69) is 17.6 Å². The zero-order valence-corrected chi connectivity index (χ0v) is 10.0. The van der Waals surface area contributed by atoms with E-state index in [-0.39, 0.29) is 0 Å². The average Bonchev–Trinajstić information content (AvgIpc) is 2.26. The molecule has 0 aliphatic heterocycles. The van der Waals surface area contributed by atoms with Crippen LogP contribution in [0.2, 0.25) is 0 Å². The molecule has 3 heteroatoms. The molecule has 0 heterocycles. The largest absolute Gasteiger partial charge is 0.312 e. The Labute approximate surface area is 95.7 Å². The van der Waals surface area contributed by atoms with Crippen LogP contribution >= 0.6 is 11.8 Å². The lowest BCUT2D eigenvalue weighted by atomic mass is 10.1. The van der Waals surface area contributed by atoms with Gasteiger partial charge in [-0.2, -0.15) is 17.0 Å². The van der Waals surface area contributed by atoms with Crippen molar-refractivity contribution in [3.05, 3.63) is 34.9 Å². The van der Waals surface area contributed by atoms with Crippen LogP contribution < -0.4 is 5.32 Å². The Kier molecular flexibility index (Phi) is 5.23. The molecule has 1 aromatic rings. The Morgan fingerprint density at radius 3 is 2.87 bits per heavy atom. The summed E-state index contributed by atoms with van der Waals surface area (Å²) < 4.78 is 0. The summed E-state index contributed by atoms with van der Waals surface area (Å²) in [4.78, 5) is 0. The van der Waals surface area contributed by atoms with Crippen LogP contribution in [0.5, 0.6) is 0 Å². The molecule has 15 heavy (non-hydrogen) atoms. The predicted molar refractivity (Wildman–Crippen MR) is 66.0 cm³/mol. The summed E-state index contributed by atoms with van der Waals surface area (Å²) in [7, 11) is 0. The lowest BCUT2D eigenvalue weighted by Gasteiger charge is -2.07. The van der Waals surface area contributed by atoms with Gasteiger partial charge in [-0.05, 0) is 36.4 Å². The zero-order chi connectivity index (χ0) is 11.1. The number of aryl methyl sites for hydroxylation is 1. The number of thioether (sulfide) groups is 1. The van der Waals surface area contributed by atoms with Gasteiger partial charge in [-0.25, -0.2) is 0 Å². The molecule has 0 saturated heterocycles. The number of nitrogens with one attached hydrogen (secondary N) is 1. The number of nitriles is 1. The smallest absolute Gasteiger partial charge is 0.0991 e. The zero-order valence-electron chi connectivity index (χ0n) is 9.21. The lowest BCUT2D eigenvalue weighted by molar-refractivity contribution is 0.729. The molecule has 1 rings (SSSR count). The molecule has 0 unspecified atom stereocenters. The second kappa shape index (κ2) is 6.49. The molecule has 80 valence electrons. The van der Waals surface area contributed by atoms with Crippen LogP contribution in [0, 0.1) is 18.3 Å². The van der Waals surface area contributed by atoms with Gasteiger partial charge in [-0.1, -0.05) is 6.07 Å². The van der Waals surface area contributed by atoms with E-state index in [1.165, 1.54) is 11.1 Å². The molecular weight excluding hydrogens is 204 g/mol. The molecule has 0 aliphatic carbocycles. The highest BCUT2D eigenvalue weighted by Crippen LogP contribution is 2.10. The van der Waals surface area contributed by atoms with Crippen molar-refractivity contribution in [3.8, 4) is 6.07 Å². The molecule has 0 bridgehead atoms. The van der Waals surface area contributed by atoms with Crippen LogP contribution in [0.25, 0.3) is 0 Å². The van der Waals surface area contributed by atoms with Gasteiger partial charge in [-0.3, -0.25) is 0 Å². The Balaban J connectivity index is 2.52. The lowest BCUT2D eigenvalue weighted by Crippen LogP contribution is -2.17. The first-order valence-corrected chi connectivity index (χ1v) is 6.36. The maximum atomic E-state index is 8.73. The van der Waals surface area contributed by atoms with Crippen LogP contribution in [0.1, 0.15) is 16.7 Å². The normalized spacial score (nSPS) is 9.93. The van der Waals surface area contributed by atoms with E-state index in [1.54, 1.807) is 0 Å². The van der Waals surface area contributed by atoms with Gasteiger partial charge in [0.1, 0.15) is 0 Å². The summed E-state index contributed by atoms with van der Waals surface area (Å²) in [6, 6.07) is 7.99. The van der Waals surface area contributed by atoms with E-state index in [0.29, 0.717) is 0 Å². The molecule has 0 amide bonds. The van der Waals surface area contributed by atoms with Crippen LogP contribution in [0.3, 0.4) is 0 Å². The number of rotatable bonds is 5. The quantitative estimate of drug-likeness (QED) is 0.774. The molecular formula is C12H16N2S. The van der Waals surface area contributed by atoms with E-state index in [4.69, 9.17) is 5.26 Å². The van der Waals surface area contributed by atoms with Crippen molar-refractivity contribution in [2.24, 2.45) is 0 Å². The summed E-state index contributed by atoms with van der Waals surface area (Å²) in [5.41, 5.74) is 3.20. The summed E-state index contributed by atoms with van der Waals surface area (Å²) in [6.07, 6.45) is 2.11. The third-order valence-electron chi connectivity index (χ3n) is 2.27. The minimum atomic E-state index is 0.736. The second-order valence-electron chi connectivity index (χ2n) is 3.42. The fraction of sp³-hybridized carbons (Fsp3) is 0.417. The molecule has 1 aromatic carbocycles. The van der Waals surface area contributed by atoms with Crippen LogP contribution in [0.4, 0.5) is 0 Å². The summed E-state index contributed by atoms with van der Waals surface area (Å²) in [6.45, 7) is 3.96. The maximum Gasteiger partial charge on any atom is 0.0991 e. The molecule has 2 nitrogen and oxygen atoms in total. The highest BCUT2D eigenvalue weighted by molar-refractivity contribution is 7.98. The first-order chi connectivity index (χ1) is 7.27. The van der Waals surface area contributed by atoms with Crippen LogP contribution in [-0.2, 0) is 6.54 Å². The van der Waals surface area contributed by atoms with Gasteiger partial charge in [-0.15, -0.1) is 0 Å². The number of benzene rings is 1. The van der Waals surface area contributed by atoms with Gasteiger partial charge in [0, 0.05) is 18.8 Å². The average molecular weight is 220 g/mol. The van der Waals surface area contributed by atoms with E-state index in [9.17, 15) is 0 Å². The minimum Gasteiger partial charge on any atom is -0.312 e. The molecule has 0 aliphatic rings. The Morgan fingerprint density at radius 2 is 2.27 bits per heavy atom. The molecule has 0 spiro atoms. The van der Waals surface area contributed by atoms with Gasteiger partial charge in [0.05, 0.1) is 11.6 Å². The highest BCUT2D eigenvalue weighted by Gasteiger charge is 1.99. The molecule has 0 saturated carbocycles. The summed E-state index contributed by atoms with van der Waals surface area (Å²) in [5, 5.41) is 12.1. The topological polar surface area (TPSA) is 35.8 Å². The monoisotopic (exact) mass is 220 g/mol. The van der Waals surface area contributed by atoms with Crippen LogP contribution in [0.15, 0.2) is 18.2 Å². The minimum absolute atomic E-state index is 0.736. The predicted octanol–water partition coefficient (Wildman–Crippen LogP) is 2.32. The van der Waals surface area contributed by atoms with E-state index < -0.39 is 0 Å². The van der Waals surface area contributed by atoms with Crippen molar-refractivity contribution in [2.45, 2.75) is 13.5 Å². The maximum absolute atomic E-state index is 8.73. The van der Waals surface area contributed by atoms with Gasteiger partial charge in [0.25, 0.3) is 0 Å². The Bertz CT molecular complexity index is 355. The standard InChI is InChI=1S/C12H16N2S/c1-10-7-11(8-13)3-4-12(10)9-14-5-6-15-2/h3-4,7,14H,5-6,9H2,1-2H3. The van der Waals surface area contributed by atoms with Crippen molar-refractivity contribution in [1.82, 2.24) is 5.32 Å². The van der Waals surface area contributed by atoms with Gasteiger partial charge < -0.3 is 5.32 Å². The van der Waals surface area contributed by atoms with Gasteiger partial charge in [0.2, 0.25) is 0 Å². The molecule has 0 radical (unpaired) electrons. The van der Waals surface area contributed by atoms with E-state index in [1.807, 2.05) is 36.9 Å². The summed E-state index contributed by atoms with van der Waals surface area (Å²) >= 11 is 1.84. The first kappa shape index (κ1) is 12.1. The fourth-order valence-corrected chi connectivity index (χ4v) is 1.71. The first-order valence-electron chi connectivity index (χ1n) is 4.97. The van der Waals surface area contributed by atoms with Gasteiger partial charge in [0.15, 0.2) is 0 Å². The SMILES string of the molecule is CSCCNCc1ccc(C#N)cc1C. The van der Waals surface area contributed by atoms with E-state index in [0.717, 1.165) is 24.4 Å². The third kappa shape index (κ3) is 3.94. The molecule has 0 atom stereocenters. The molecule has 0 aromatic heterocycles.